The minimum absolute atomic E-state index is 0.0429. The van der Waals surface area contributed by atoms with Crippen molar-refractivity contribution < 1.29 is 9.90 Å². The molecule has 0 unspecified atom stereocenters. The second kappa shape index (κ2) is 5.77. The number of aromatic carboxylic acids is 1. The molecule has 5 heteroatoms. The van der Waals surface area contributed by atoms with Gasteiger partial charge >= 0.3 is 5.97 Å². The zero-order valence-corrected chi connectivity index (χ0v) is 9.71. The van der Waals surface area contributed by atoms with E-state index in [1.807, 2.05) is 18.3 Å². The van der Waals surface area contributed by atoms with Gasteiger partial charge in [-0.05, 0) is 30.2 Å². The molecule has 2 aromatic rings. The molecule has 0 spiro atoms. The Morgan fingerprint density at radius 3 is 2.89 bits per heavy atom. The molecule has 0 fully saturated rings. The molecule has 5 nitrogen and oxygen atoms in total. The number of hydrogen-bond acceptors (Lipinski definition) is 4. The summed E-state index contributed by atoms with van der Waals surface area (Å²) in [6, 6.07) is 8.77. The van der Waals surface area contributed by atoms with E-state index in [-0.39, 0.29) is 5.69 Å². The zero-order chi connectivity index (χ0) is 12.8. The van der Waals surface area contributed by atoms with Crippen LogP contribution in [0.3, 0.4) is 0 Å². The van der Waals surface area contributed by atoms with Gasteiger partial charge in [-0.15, -0.1) is 0 Å². The molecular formula is C13H13N3O2. The van der Waals surface area contributed by atoms with Gasteiger partial charge in [0, 0.05) is 18.9 Å². The summed E-state index contributed by atoms with van der Waals surface area (Å²) >= 11 is 0. The lowest BCUT2D eigenvalue weighted by atomic mass is 10.2. The number of hydrogen-bond donors (Lipinski definition) is 2. The maximum atomic E-state index is 10.7. The Labute approximate surface area is 105 Å². The van der Waals surface area contributed by atoms with Gasteiger partial charge in [-0.25, -0.2) is 9.78 Å². The monoisotopic (exact) mass is 243 g/mol. The third-order valence-corrected chi connectivity index (χ3v) is 2.41. The predicted octanol–water partition coefficient (Wildman–Crippen LogP) is 1.83. The molecule has 0 amide bonds. The molecule has 0 aromatic carbocycles. The Morgan fingerprint density at radius 2 is 2.17 bits per heavy atom. The van der Waals surface area contributed by atoms with E-state index in [2.05, 4.69) is 15.3 Å². The van der Waals surface area contributed by atoms with E-state index in [1.165, 1.54) is 6.07 Å². The lowest BCUT2D eigenvalue weighted by Gasteiger charge is -2.05. The number of aromatic nitrogens is 2. The lowest BCUT2D eigenvalue weighted by Crippen LogP contribution is -2.08. The summed E-state index contributed by atoms with van der Waals surface area (Å²) < 4.78 is 0. The summed E-state index contributed by atoms with van der Waals surface area (Å²) in [6.45, 7) is 0.682. The van der Waals surface area contributed by atoms with Crippen molar-refractivity contribution in [2.45, 2.75) is 6.42 Å². The van der Waals surface area contributed by atoms with E-state index in [9.17, 15) is 4.79 Å². The normalized spacial score (nSPS) is 10.0. The molecule has 0 saturated carbocycles. The topological polar surface area (TPSA) is 75.1 Å². The van der Waals surface area contributed by atoms with Gasteiger partial charge in [0.1, 0.15) is 5.82 Å². The van der Waals surface area contributed by atoms with Gasteiger partial charge in [0.25, 0.3) is 0 Å². The fraction of sp³-hybridized carbons (Fsp3) is 0.154. The quantitative estimate of drug-likeness (QED) is 0.838. The van der Waals surface area contributed by atoms with Crippen LogP contribution < -0.4 is 5.32 Å². The summed E-state index contributed by atoms with van der Waals surface area (Å²) in [6.07, 6.45) is 4.35. The Bertz CT molecular complexity index is 529. The second-order valence-electron chi connectivity index (χ2n) is 3.75. The summed E-state index contributed by atoms with van der Waals surface area (Å²) in [4.78, 5) is 18.8. The van der Waals surface area contributed by atoms with Crippen molar-refractivity contribution in [2.24, 2.45) is 0 Å². The van der Waals surface area contributed by atoms with Crippen molar-refractivity contribution in [1.29, 1.82) is 0 Å². The van der Waals surface area contributed by atoms with Crippen molar-refractivity contribution in [2.75, 3.05) is 11.9 Å². The smallest absolute Gasteiger partial charge is 0.354 e. The van der Waals surface area contributed by atoms with E-state index < -0.39 is 5.97 Å². The van der Waals surface area contributed by atoms with Gasteiger partial charge in [0.05, 0.1) is 0 Å². The Morgan fingerprint density at radius 1 is 1.28 bits per heavy atom. The van der Waals surface area contributed by atoms with Crippen LogP contribution in [0.1, 0.15) is 16.1 Å². The van der Waals surface area contributed by atoms with E-state index >= 15 is 0 Å². The third kappa shape index (κ3) is 3.28. The first-order chi connectivity index (χ1) is 8.75. The first kappa shape index (κ1) is 12.0. The standard InChI is InChI=1S/C13H13N3O2/c17-13(18)11-4-1-5-12(16-11)15-8-6-10-3-2-7-14-9-10/h1-5,7,9H,6,8H2,(H,15,16)(H,17,18). The zero-order valence-electron chi connectivity index (χ0n) is 9.71. The number of nitrogens with zero attached hydrogens (tertiary/aromatic N) is 2. The fourth-order valence-corrected chi connectivity index (χ4v) is 1.53. The summed E-state index contributed by atoms with van der Waals surface area (Å²) in [7, 11) is 0. The summed E-state index contributed by atoms with van der Waals surface area (Å²) in [5, 5.41) is 11.9. The Kier molecular flexibility index (Phi) is 3.86. The van der Waals surface area contributed by atoms with Gasteiger partial charge in [0.15, 0.2) is 5.69 Å². The van der Waals surface area contributed by atoms with E-state index in [0.717, 1.165) is 12.0 Å². The highest BCUT2D eigenvalue weighted by Crippen LogP contribution is 2.05. The maximum absolute atomic E-state index is 10.7. The van der Waals surface area contributed by atoms with Crippen molar-refractivity contribution in [3.63, 3.8) is 0 Å². The average molecular weight is 243 g/mol. The van der Waals surface area contributed by atoms with Crippen LogP contribution in [0.5, 0.6) is 0 Å². The molecule has 0 aliphatic carbocycles. The first-order valence-corrected chi connectivity index (χ1v) is 5.59. The van der Waals surface area contributed by atoms with Crippen LogP contribution >= 0.6 is 0 Å². The Balaban J connectivity index is 1.90. The third-order valence-electron chi connectivity index (χ3n) is 2.41. The molecule has 2 N–H and O–H groups in total. The lowest BCUT2D eigenvalue weighted by molar-refractivity contribution is 0.0690. The molecule has 0 radical (unpaired) electrons. The molecule has 2 aromatic heterocycles. The van der Waals surface area contributed by atoms with Crippen molar-refractivity contribution in [1.82, 2.24) is 9.97 Å². The van der Waals surface area contributed by atoms with Gasteiger partial charge in [-0.1, -0.05) is 12.1 Å². The number of nitrogens with one attached hydrogen (secondary N) is 1. The average Bonchev–Trinajstić information content (AvgIpc) is 2.40. The van der Waals surface area contributed by atoms with Crippen LogP contribution in [-0.4, -0.2) is 27.6 Å². The molecule has 0 aliphatic heterocycles. The van der Waals surface area contributed by atoms with Crippen LogP contribution in [0.2, 0.25) is 0 Å². The molecule has 0 saturated heterocycles. The highest BCUT2D eigenvalue weighted by molar-refractivity contribution is 5.85. The van der Waals surface area contributed by atoms with Crippen LogP contribution in [-0.2, 0) is 6.42 Å². The van der Waals surface area contributed by atoms with Crippen LogP contribution in [0.25, 0.3) is 0 Å². The molecule has 2 heterocycles. The van der Waals surface area contributed by atoms with E-state index in [1.54, 1.807) is 18.3 Å². The molecule has 2 rings (SSSR count). The molecule has 0 bridgehead atoms. The first-order valence-electron chi connectivity index (χ1n) is 5.59. The number of carboxylic acids is 1. The highest BCUT2D eigenvalue weighted by Gasteiger charge is 2.04. The number of rotatable bonds is 5. The van der Waals surface area contributed by atoms with Crippen LogP contribution in [0, 0.1) is 0 Å². The van der Waals surface area contributed by atoms with Crippen LogP contribution in [0.4, 0.5) is 5.82 Å². The summed E-state index contributed by atoms with van der Waals surface area (Å²) in [5.74, 6) is -0.454. The van der Waals surface area contributed by atoms with E-state index in [4.69, 9.17) is 5.11 Å². The van der Waals surface area contributed by atoms with Gasteiger partial charge in [0.2, 0.25) is 0 Å². The van der Waals surface area contributed by atoms with Crippen molar-refractivity contribution >= 4 is 11.8 Å². The molecule has 0 atom stereocenters. The maximum Gasteiger partial charge on any atom is 0.354 e. The van der Waals surface area contributed by atoms with E-state index in [0.29, 0.717) is 12.4 Å². The number of anilines is 1. The van der Waals surface area contributed by atoms with Crippen LogP contribution in [0.15, 0.2) is 42.7 Å². The van der Waals surface area contributed by atoms with Gasteiger partial charge < -0.3 is 10.4 Å². The molecule has 18 heavy (non-hydrogen) atoms. The Hall–Kier alpha value is -2.43. The molecule has 92 valence electrons. The minimum Gasteiger partial charge on any atom is -0.477 e. The SMILES string of the molecule is O=C(O)c1cccc(NCCc2cccnc2)n1. The van der Waals surface area contributed by atoms with Crippen molar-refractivity contribution in [3.8, 4) is 0 Å². The minimum atomic E-state index is -1.02. The van der Waals surface area contributed by atoms with Gasteiger partial charge in [-0.2, -0.15) is 0 Å². The van der Waals surface area contributed by atoms with Gasteiger partial charge in [-0.3, -0.25) is 4.98 Å². The second-order valence-corrected chi connectivity index (χ2v) is 3.75. The van der Waals surface area contributed by atoms with Crippen molar-refractivity contribution in [3.05, 3.63) is 54.0 Å². The molecular weight excluding hydrogens is 230 g/mol. The number of carbonyl (C=O) groups is 1. The summed E-state index contributed by atoms with van der Waals surface area (Å²) in [5.41, 5.74) is 1.17. The highest BCUT2D eigenvalue weighted by atomic mass is 16.4. The largest absolute Gasteiger partial charge is 0.477 e. The predicted molar refractivity (Wildman–Crippen MR) is 67.6 cm³/mol. The number of pyridine rings is 2. The number of carboxylic acid groups (broad SMARTS) is 1. The fourth-order valence-electron chi connectivity index (χ4n) is 1.53. The molecule has 0 aliphatic rings.